The van der Waals surface area contributed by atoms with Crippen LogP contribution in [0.2, 0.25) is 5.82 Å². The molecule has 6 heteroatoms. The minimum atomic E-state index is -0.485. The molecule has 0 bridgehead atoms. The molecule has 1 aromatic rings. The number of hydrogen-bond donors (Lipinski definition) is 0. The zero-order chi connectivity index (χ0) is 22.4. The Kier molecular flexibility index (Phi) is 6.07. The van der Waals surface area contributed by atoms with Crippen molar-refractivity contribution in [3.05, 3.63) is 35.9 Å². The van der Waals surface area contributed by atoms with Crippen molar-refractivity contribution in [2.24, 2.45) is 0 Å². The fraction of sp³-hybridized carbons (Fsp3) is 0.708. The summed E-state index contributed by atoms with van der Waals surface area (Å²) in [5.41, 5.74) is -0.0413. The summed E-state index contributed by atoms with van der Waals surface area (Å²) in [5.74, 6) is 0.140. The summed E-state index contributed by atoms with van der Waals surface area (Å²) < 4.78 is 18.5. The summed E-state index contributed by atoms with van der Waals surface area (Å²) in [7, 11) is -0.289. The lowest BCUT2D eigenvalue weighted by Crippen LogP contribution is -2.50. The molecule has 166 valence electrons. The topological polar surface area (TPSA) is 48.0 Å². The zero-order valence-corrected chi connectivity index (χ0v) is 20.0. The zero-order valence-electron chi connectivity index (χ0n) is 20.0. The van der Waals surface area contributed by atoms with Gasteiger partial charge in [-0.3, -0.25) is 0 Å². The third-order valence-electron chi connectivity index (χ3n) is 7.21. The highest BCUT2D eigenvalue weighted by molar-refractivity contribution is 6.47. The van der Waals surface area contributed by atoms with Gasteiger partial charge in [0, 0.05) is 18.9 Å². The number of likely N-dealkylation sites (tertiary alicyclic amines) is 1. The molecule has 30 heavy (non-hydrogen) atoms. The molecule has 2 saturated heterocycles. The van der Waals surface area contributed by atoms with Crippen LogP contribution >= 0.6 is 0 Å². The molecule has 0 spiro atoms. The first-order chi connectivity index (χ1) is 13.8. The summed E-state index contributed by atoms with van der Waals surface area (Å²) in [6.45, 7) is 17.7. The maximum atomic E-state index is 12.6. The number of nitrogens with zero attached hydrogens (tertiary/aromatic N) is 1. The van der Waals surface area contributed by atoms with Crippen molar-refractivity contribution in [2.45, 2.75) is 96.3 Å². The summed E-state index contributed by atoms with van der Waals surface area (Å²) in [5, 5.41) is 0. The Balaban J connectivity index is 1.84. The van der Waals surface area contributed by atoms with E-state index in [9.17, 15) is 4.79 Å². The highest BCUT2D eigenvalue weighted by Gasteiger charge is 2.57. The largest absolute Gasteiger partial charge is 0.461 e. The average molecular weight is 415 g/mol. The molecule has 0 N–H and O–H groups in total. The van der Waals surface area contributed by atoms with Crippen LogP contribution in [0.15, 0.2) is 30.3 Å². The molecule has 2 fully saturated rings. The summed E-state index contributed by atoms with van der Waals surface area (Å²) in [4.78, 5) is 14.4. The van der Waals surface area contributed by atoms with Gasteiger partial charge in [-0.05, 0) is 72.3 Å². The van der Waals surface area contributed by atoms with Gasteiger partial charge in [-0.15, -0.1) is 0 Å². The van der Waals surface area contributed by atoms with Crippen LogP contribution < -0.4 is 0 Å². The number of ether oxygens (including phenoxy) is 1. The highest BCUT2D eigenvalue weighted by atomic mass is 16.7. The van der Waals surface area contributed by atoms with Gasteiger partial charge in [0.15, 0.2) is 0 Å². The SMILES string of the molecule is C[C@H](B1OC(C)(C)C(C)(C)O1)C1(c2ccccc2)CCN(C(=O)OC(C)(C)C)CC1. The van der Waals surface area contributed by atoms with Gasteiger partial charge in [0.05, 0.1) is 11.2 Å². The number of piperidine rings is 1. The number of amides is 1. The first-order valence-electron chi connectivity index (χ1n) is 11.2. The fourth-order valence-electron chi connectivity index (χ4n) is 4.55. The van der Waals surface area contributed by atoms with E-state index in [4.69, 9.17) is 14.0 Å². The van der Waals surface area contributed by atoms with Crippen LogP contribution in [0.5, 0.6) is 0 Å². The Labute approximate surface area is 182 Å². The Morgan fingerprint density at radius 2 is 1.53 bits per heavy atom. The van der Waals surface area contributed by atoms with Crippen molar-refractivity contribution < 1.29 is 18.8 Å². The molecule has 2 aliphatic rings. The molecule has 3 rings (SSSR count). The van der Waals surface area contributed by atoms with E-state index in [-0.39, 0.29) is 35.6 Å². The van der Waals surface area contributed by atoms with Gasteiger partial charge < -0.3 is 18.9 Å². The fourth-order valence-corrected chi connectivity index (χ4v) is 4.55. The molecule has 0 aliphatic carbocycles. The Morgan fingerprint density at radius 3 is 2.00 bits per heavy atom. The van der Waals surface area contributed by atoms with Gasteiger partial charge >= 0.3 is 13.2 Å². The molecule has 0 saturated carbocycles. The number of carbonyl (C=O) groups excluding carboxylic acids is 1. The molecular formula is C24H38BNO4. The van der Waals surface area contributed by atoms with E-state index in [0.717, 1.165) is 12.8 Å². The Bertz CT molecular complexity index is 732. The third-order valence-corrected chi connectivity index (χ3v) is 7.21. The highest BCUT2D eigenvalue weighted by Crippen LogP contribution is 2.51. The van der Waals surface area contributed by atoms with Crippen molar-refractivity contribution in [3.63, 3.8) is 0 Å². The summed E-state index contributed by atoms with van der Waals surface area (Å²) >= 11 is 0. The minimum Gasteiger partial charge on any atom is -0.444 e. The first kappa shape index (κ1) is 23.1. The number of carbonyl (C=O) groups is 1. The number of benzene rings is 1. The molecule has 0 radical (unpaired) electrons. The molecule has 0 unspecified atom stereocenters. The van der Waals surface area contributed by atoms with Crippen molar-refractivity contribution in [3.8, 4) is 0 Å². The van der Waals surface area contributed by atoms with Crippen LogP contribution in [0.4, 0.5) is 4.79 Å². The predicted octanol–water partition coefficient (Wildman–Crippen LogP) is 5.44. The van der Waals surface area contributed by atoms with E-state index in [1.165, 1.54) is 5.56 Å². The van der Waals surface area contributed by atoms with Crippen molar-refractivity contribution in [2.75, 3.05) is 13.1 Å². The van der Waals surface area contributed by atoms with Crippen LogP contribution in [-0.2, 0) is 19.5 Å². The maximum Gasteiger partial charge on any atom is 0.461 e. The van der Waals surface area contributed by atoms with Gasteiger partial charge in [0.25, 0.3) is 0 Å². The van der Waals surface area contributed by atoms with Crippen molar-refractivity contribution in [1.29, 1.82) is 0 Å². The van der Waals surface area contributed by atoms with E-state index in [1.54, 1.807) is 0 Å². The number of hydrogen-bond acceptors (Lipinski definition) is 4. The molecule has 0 aromatic heterocycles. The van der Waals surface area contributed by atoms with E-state index in [0.29, 0.717) is 13.1 Å². The second-order valence-corrected chi connectivity index (χ2v) is 10.9. The second-order valence-electron chi connectivity index (χ2n) is 10.9. The quantitative estimate of drug-likeness (QED) is 0.617. The normalized spacial score (nSPS) is 23.9. The van der Waals surface area contributed by atoms with Crippen molar-refractivity contribution in [1.82, 2.24) is 4.90 Å². The van der Waals surface area contributed by atoms with Gasteiger partial charge in [-0.2, -0.15) is 0 Å². The molecule has 1 atom stereocenters. The lowest BCUT2D eigenvalue weighted by atomic mass is 9.52. The summed E-state index contributed by atoms with van der Waals surface area (Å²) in [6, 6.07) is 10.6. The Morgan fingerprint density at radius 1 is 1.03 bits per heavy atom. The van der Waals surface area contributed by atoms with Crippen LogP contribution in [0.25, 0.3) is 0 Å². The minimum absolute atomic E-state index is 0.124. The molecule has 2 heterocycles. The van der Waals surface area contributed by atoms with Crippen LogP contribution in [0.1, 0.15) is 73.8 Å². The standard InChI is InChI=1S/C24H38BNO4/c1-18(25-29-22(5,6)23(7,8)30-25)24(19-12-10-9-11-13-19)14-16-26(17-15-24)20(27)28-21(2,3)4/h9-13,18H,14-17H2,1-8H3/t18-/m0/s1. The molecule has 1 amide bonds. The maximum absolute atomic E-state index is 12.6. The molecule has 5 nitrogen and oxygen atoms in total. The smallest absolute Gasteiger partial charge is 0.444 e. The van der Waals surface area contributed by atoms with Crippen LogP contribution in [0.3, 0.4) is 0 Å². The lowest BCUT2D eigenvalue weighted by molar-refractivity contribution is 0.00578. The second kappa shape index (κ2) is 7.87. The molecule has 2 aliphatic heterocycles. The van der Waals surface area contributed by atoms with Crippen LogP contribution in [0, 0.1) is 0 Å². The van der Waals surface area contributed by atoms with E-state index >= 15 is 0 Å². The molecule has 1 aromatic carbocycles. The van der Waals surface area contributed by atoms with Gasteiger partial charge in [-0.1, -0.05) is 37.3 Å². The van der Waals surface area contributed by atoms with Gasteiger partial charge in [-0.25, -0.2) is 4.79 Å². The van der Waals surface area contributed by atoms with E-state index in [1.807, 2.05) is 31.7 Å². The van der Waals surface area contributed by atoms with E-state index < -0.39 is 5.60 Å². The van der Waals surface area contributed by atoms with Crippen molar-refractivity contribution >= 4 is 13.2 Å². The Hall–Kier alpha value is -1.53. The van der Waals surface area contributed by atoms with Crippen LogP contribution in [-0.4, -0.2) is 48.0 Å². The van der Waals surface area contributed by atoms with Gasteiger partial charge in [0.2, 0.25) is 0 Å². The monoisotopic (exact) mass is 415 g/mol. The van der Waals surface area contributed by atoms with E-state index in [2.05, 4.69) is 58.9 Å². The third kappa shape index (κ3) is 4.40. The number of rotatable bonds is 3. The molecular weight excluding hydrogens is 377 g/mol. The summed E-state index contributed by atoms with van der Waals surface area (Å²) in [6.07, 6.45) is 1.47. The predicted molar refractivity (Wildman–Crippen MR) is 121 cm³/mol. The average Bonchev–Trinajstić information content (AvgIpc) is 2.88. The van der Waals surface area contributed by atoms with Gasteiger partial charge in [0.1, 0.15) is 5.60 Å². The first-order valence-corrected chi connectivity index (χ1v) is 11.2. The lowest BCUT2D eigenvalue weighted by Gasteiger charge is -2.46.